The summed E-state index contributed by atoms with van der Waals surface area (Å²) in [4.78, 5) is 12.4. The van der Waals surface area contributed by atoms with Gasteiger partial charge in [0, 0.05) is 12.7 Å². The number of aromatic carboxylic acids is 1. The van der Waals surface area contributed by atoms with Gasteiger partial charge in [0.25, 0.3) is 0 Å². The lowest BCUT2D eigenvalue weighted by Gasteiger charge is -2.15. The first-order chi connectivity index (χ1) is 6.65. The molecule has 72 valence electrons. The molecule has 1 N–H and O–H groups in total. The molecule has 0 unspecified atom stereocenters. The molecule has 0 amide bonds. The van der Waals surface area contributed by atoms with E-state index < -0.39 is 5.97 Å². The molecule has 0 aliphatic heterocycles. The molecule has 0 fully saturated rings. The van der Waals surface area contributed by atoms with Gasteiger partial charge in [0.2, 0.25) is 0 Å². The van der Waals surface area contributed by atoms with Crippen LogP contribution in [0.25, 0.3) is 0 Å². The molecule has 0 saturated heterocycles. The highest BCUT2D eigenvalue weighted by Crippen LogP contribution is 2.13. The third-order valence-electron chi connectivity index (χ3n) is 1.88. The van der Waals surface area contributed by atoms with Gasteiger partial charge in [-0.1, -0.05) is 5.92 Å². The van der Waals surface area contributed by atoms with Gasteiger partial charge < -0.3 is 10.0 Å². The molecule has 0 atom stereocenters. The SMILES string of the molecule is C#CCN(C)c1ccc(C(=O)O)cc1. The summed E-state index contributed by atoms with van der Waals surface area (Å²) in [6.45, 7) is 0.506. The van der Waals surface area contributed by atoms with Gasteiger partial charge in [-0.3, -0.25) is 0 Å². The third-order valence-corrected chi connectivity index (χ3v) is 1.88. The summed E-state index contributed by atoms with van der Waals surface area (Å²) in [6, 6.07) is 6.59. The predicted octanol–water partition coefficient (Wildman–Crippen LogP) is 1.45. The van der Waals surface area contributed by atoms with Crippen LogP contribution in [-0.4, -0.2) is 24.7 Å². The molecule has 1 aromatic rings. The summed E-state index contributed by atoms with van der Waals surface area (Å²) < 4.78 is 0. The Bertz CT molecular complexity index is 362. The Kier molecular flexibility index (Phi) is 3.14. The van der Waals surface area contributed by atoms with Crippen LogP contribution in [0.4, 0.5) is 5.69 Å². The number of carbonyl (C=O) groups is 1. The Hall–Kier alpha value is -1.95. The zero-order valence-electron chi connectivity index (χ0n) is 7.90. The molecule has 0 saturated carbocycles. The Morgan fingerprint density at radius 1 is 1.50 bits per heavy atom. The molecule has 0 aliphatic carbocycles. The third kappa shape index (κ3) is 2.27. The lowest BCUT2D eigenvalue weighted by molar-refractivity contribution is 0.0697. The minimum atomic E-state index is -0.920. The van der Waals surface area contributed by atoms with Crippen molar-refractivity contribution >= 4 is 11.7 Å². The van der Waals surface area contributed by atoms with Gasteiger partial charge in [0.1, 0.15) is 0 Å². The molecule has 0 radical (unpaired) electrons. The van der Waals surface area contributed by atoms with Gasteiger partial charge in [-0.15, -0.1) is 6.42 Å². The van der Waals surface area contributed by atoms with E-state index in [9.17, 15) is 4.79 Å². The van der Waals surface area contributed by atoms with Crippen molar-refractivity contribution in [2.45, 2.75) is 0 Å². The maximum atomic E-state index is 10.6. The topological polar surface area (TPSA) is 40.5 Å². The van der Waals surface area contributed by atoms with Gasteiger partial charge in [-0.05, 0) is 24.3 Å². The van der Waals surface area contributed by atoms with Crippen LogP contribution in [0.15, 0.2) is 24.3 Å². The normalized spacial score (nSPS) is 9.14. The first-order valence-corrected chi connectivity index (χ1v) is 4.13. The fourth-order valence-electron chi connectivity index (χ4n) is 1.09. The van der Waals surface area contributed by atoms with Crippen LogP contribution in [0.3, 0.4) is 0 Å². The van der Waals surface area contributed by atoms with Crippen LogP contribution >= 0.6 is 0 Å². The summed E-state index contributed by atoms with van der Waals surface area (Å²) in [5.41, 5.74) is 1.19. The standard InChI is InChI=1S/C11H11NO2/c1-3-8-12(2)10-6-4-9(5-7-10)11(13)14/h1,4-7H,8H2,2H3,(H,13,14). The Morgan fingerprint density at radius 2 is 2.07 bits per heavy atom. The van der Waals surface area contributed by atoms with E-state index in [2.05, 4.69) is 5.92 Å². The van der Waals surface area contributed by atoms with Crippen molar-refractivity contribution in [1.82, 2.24) is 0 Å². The van der Waals surface area contributed by atoms with E-state index in [1.165, 1.54) is 0 Å². The molecule has 3 heteroatoms. The fraction of sp³-hybridized carbons (Fsp3) is 0.182. The lowest BCUT2D eigenvalue weighted by Crippen LogP contribution is -2.16. The van der Waals surface area contributed by atoms with Crippen molar-refractivity contribution in [3.8, 4) is 12.3 Å². The van der Waals surface area contributed by atoms with Gasteiger partial charge in [0.15, 0.2) is 0 Å². The van der Waals surface area contributed by atoms with E-state index in [4.69, 9.17) is 11.5 Å². The largest absolute Gasteiger partial charge is 0.478 e. The van der Waals surface area contributed by atoms with E-state index in [-0.39, 0.29) is 5.56 Å². The number of rotatable bonds is 3. The van der Waals surface area contributed by atoms with E-state index >= 15 is 0 Å². The Morgan fingerprint density at radius 3 is 2.50 bits per heavy atom. The number of hydrogen-bond donors (Lipinski definition) is 1. The van der Waals surface area contributed by atoms with Gasteiger partial charge in [-0.25, -0.2) is 4.79 Å². The molecule has 1 rings (SSSR count). The highest BCUT2D eigenvalue weighted by atomic mass is 16.4. The van der Waals surface area contributed by atoms with Crippen molar-refractivity contribution < 1.29 is 9.90 Å². The maximum Gasteiger partial charge on any atom is 0.335 e. The molecule has 0 aromatic heterocycles. The first kappa shape index (κ1) is 10.1. The van der Waals surface area contributed by atoms with E-state index in [1.54, 1.807) is 24.3 Å². The van der Waals surface area contributed by atoms with Crippen LogP contribution in [0.1, 0.15) is 10.4 Å². The van der Waals surface area contributed by atoms with E-state index in [1.807, 2.05) is 11.9 Å². The van der Waals surface area contributed by atoms with Gasteiger partial charge in [-0.2, -0.15) is 0 Å². The highest BCUT2D eigenvalue weighted by molar-refractivity contribution is 5.88. The Labute approximate surface area is 83.0 Å². The molecule has 0 bridgehead atoms. The molecule has 0 spiro atoms. The summed E-state index contributed by atoms with van der Waals surface area (Å²) in [5, 5.41) is 8.67. The van der Waals surface area contributed by atoms with Gasteiger partial charge >= 0.3 is 5.97 Å². The molecule has 1 aromatic carbocycles. The quantitative estimate of drug-likeness (QED) is 0.732. The minimum Gasteiger partial charge on any atom is -0.478 e. The van der Waals surface area contributed by atoms with E-state index in [0.717, 1.165) is 5.69 Å². The molecule has 0 aliphatic rings. The molecule has 14 heavy (non-hydrogen) atoms. The van der Waals surface area contributed by atoms with Gasteiger partial charge in [0.05, 0.1) is 12.1 Å². The second-order valence-electron chi connectivity index (χ2n) is 2.91. The number of hydrogen-bond acceptors (Lipinski definition) is 2. The zero-order valence-corrected chi connectivity index (χ0v) is 7.90. The first-order valence-electron chi connectivity index (χ1n) is 4.13. The lowest BCUT2D eigenvalue weighted by atomic mass is 10.2. The highest BCUT2D eigenvalue weighted by Gasteiger charge is 2.03. The van der Waals surface area contributed by atoms with Crippen molar-refractivity contribution in [2.75, 3.05) is 18.5 Å². The maximum absolute atomic E-state index is 10.6. The summed E-state index contributed by atoms with van der Waals surface area (Å²) in [5.74, 6) is 1.59. The average molecular weight is 189 g/mol. The number of carboxylic acids is 1. The van der Waals surface area contributed by atoms with Crippen molar-refractivity contribution in [1.29, 1.82) is 0 Å². The van der Waals surface area contributed by atoms with Crippen molar-refractivity contribution in [3.05, 3.63) is 29.8 Å². The molecular formula is C11H11NO2. The van der Waals surface area contributed by atoms with Crippen LogP contribution < -0.4 is 4.90 Å². The summed E-state index contributed by atoms with van der Waals surface area (Å²) >= 11 is 0. The van der Waals surface area contributed by atoms with E-state index in [0.29, 0.717) is 6.54 Å². The fourth-order valence-corrected chi connectivity index (χ4v) is 1.09. The number of anilines is 1. The summed E-state index contributed by atoms with van der Waals surface area (Å²) in [6.07, 6.45) is 5.16. The number of terminal acetylenes is 1. The second-order valence-corrected chi connectivity index (χ2v) is 2.91. The van der Waals surface area contributed by atoms with Crippen LogP contribution in [0.5, 0.6) is 0 Å². The van der Waals surface area contributed by atoms with Crippen LogP contribution in [-0.2, 0) is 0 Å². The van der Waals surface area contributed by atoms with Crippen LogP contribution in [0, 0.1) is 12.3 Å². The zero-order chi connectivity index (χ0) is 10.6. The summed E-state index contributed by atoms with van der Waals surface area (Å²) in [7, 11) is 1.86. The van der Waals surface area contributed by atoms with Crippen LogP contribution in [0.2, 0.25) is 0 Å². The molecule has 0 heterocycles. The monoisotopic (exact) mass is 189 g/mol. The number of carboxylic acid groups (broad SMARTS) is 1. The molecular weight excluding hydrogens is 178 g/mol. The van der Waals surface area contributed by atoms with Crippen molar-refractivity contribution in [2.24, 2.45) is 0 Å². The smallest absolute Gasteiger partial charge is 0.335 e. The number of nitrogens with zero attached hydrogens (tertiary/aromatic N) is 1. The Balaban J connectivity index is 2.84. The number of benzene rings is 1. The predicted molar refractivity (Wildman–Crippen MR) is 55.5 cm³/mol. The minimum absolute atomic E-state index is 0.280. The second kappa shape index (κ2) is 4.33. The van der Waals surface area contributed by atoms with Crippen molar-refractivity contribution in [3.63, 3.8) is 0 Å². The average Bonchev–Trinajstić information content (AvgIpc) is 2.18. The molecule has 3 nitrogen and oxygen atoms in total.